The topological polar surface area (TPSA) is 118 Å². The van der Waals surface area contributed by atoms with Gasteiger partial charge in [-0.3, -0.25) is 19.9 Å². The minimum absolute atomic E-state index is 0.0651. The SMILES string of the molecule is O=C(O)Nc1cc(OCC2CC2)c(C(F)(F)F)cc1NC(=O)CC(=O)c1cccc(-c2ccc(C3CC3)nc2)c1. The zero-order valence-electron chi connectivity index (χ0n) is 21.3. The van der Waals surface area contributed by atoms with E-state index in [4.69, 9.17) is 4.74 Å². The van der Waals surface area contributed by atoms with E-state index in [1.54, 1.807) is 24.4 Å². The number of aromatic nitrogens is 1. The highest BCUT2D eigenvalue weighted by molar-refractivity contribution is 6.12. The largest absolute Gasteiger partial charge is 0.493 e. The van der Waals surface area contributed by atoms with Crippen LogP contribution in [0.25, 0.3) is 11.1 Å². The van der Waals surface area contributed by atoms with E-state index in [1.807, 2.05) is 17.4 Å². The summed E-state index contributed by atoms with van der Waals surface area (Å²) >= 11 is 0. The number of hydrogen-bond donors (Lipinski definition) is 3. The van der Waals surface area contributed by atoms with Crippen LogP contribution in [-0.4, -0.2) is 34.5 Å². The number of ether oxygens (including phenoxy) is 1. The number of nitrogens with one attached hydrogen (secondary N) is 2. The van der Waals surface area contributed by atoms with Crippen molar-refractivity contribution in [2.45, 2.75) is 44.2 Å². The number of carbonyl (C=O) groups is 3. The maximum atomic E-state index is 13.8. The third kappa shape index (κ3) is 6.77. The molecule has 0 bridgehead atoms. The Balaban J connectivity index is 1.32. The van der Waals surface area contributed by atoms with E-state index in [0.717, 1.165) is 48.6 Å². The number of anilines is 2. The Hall–Kier alpha value is -4.41. The van der Waals surface area contributed by atoms with Crippen LogP contribution in [-0.2, 0) is 11.0 Å². The van der Waals surface area contributed by atoms with Crippen molar-refractivity contribution in [1.29, 1.82) is 0 Å². The van der Waals surface area contributed by atoms with Crippen LogP contribution in [0.3, 0.4) is 0 Å². The first kappa shape index (κ1) is 27.2. The number of ketones is 1. The van der Waals surface area contributed by atoms with Crippen LogP contribution >= 0.6 is 0 Å². The molecule has 3 aromatic rings. The Kier molecular flexibility index (Phi) is 7.46. The number of carboxylic acid groups (broad SMARTS) is 1. The molecule has 2 saturated carbocycles. The summed E-state index contributed by atoms with van der Waals surface area (Å²) in [6.07, 6.45) is -1.37. The number of Topliss-reactive ketones (excluding diaryl/α,β-unsaturated/α-hetero) is 1. The van der Waals surface area contributed by atoms with Crippen LogP contribution in [0.4, 0.5) is 29.3 Å². The summed E-state index contributed by atoms with van der Waals surface area (Å²) in [5.41, 5.74) is 0.878. The first-order chi connectivity index (χ1) is 19.1. The Morgan fingerprint density at radius 2 is 1.70 bits per heavy atom. The Labute approximate surface area is 227 Å². The second kappa shape index (κ2) is 11.0. The van der Waals surface area contributed by atoms with Gasteiger partial charge in [-0.1, -0.05) is 24.3 Å². The van der Waals surface area contributed by atoms with Gasteiger partial charge in [0.1, 0.15) is 5.75 Å². The van der Waals surface area contributed by atoms with Crippen molar-refractivity contribution >= 4 is 29.2 Å². The van der Waals surface area contributed by atoms with Crippen molar-refractivity contribution in [3.8, 4) is 16.9 Å². The molecule has 0 atom stereocenters. The predicted molar refractivity (Wildman–Crippen MR) is 141 cm³/mol. The summed E-state index contributed by atoms with van der Waals surface area (Å²) in [7, 11) is 0. The molecule has 0 aliphatic heterocycles. The maximum Gasteiger partial charge on any atom is 0.420 e. The number of amides is 2. The van der Waals surface area contributed by atoms with Crippen molar-refractivity contribution in [2.75, 3.05) is 17.2 Å². The number of pyridine rings is 1. The summed E-state index contributed by atoms with van der Waals surface area (Å²) in [6.45, 7) is 0.0651. The first-order valence-electron chi connectivity index (χ1n) is 12.8. The zero-order chi connectivity index (χ0) is 28.4. The molecule has 0 spiro atoms. The third-order valence-electron chi connectivity index (χ3n) is 6.73. The Bertz CT molecular complexity index is 1450. The van der Waals surface area contributed by atoms with Crippen molar-refractivity contribution in [1.82, 2.24) is 4.98 Å². The van der Waals surface area contributed by atoms with Crippen LogP contribution in [0.1, 0.15) is 59.6 Å². The summed E-state index contributed by atoms with van der Waals surface area (Å²) in [6, 6.07) is 12.0. The fraction of sp³-hybridized carbons (Fsp3) is 0.310. The predicted octanol–water partition coefficient (Wildman–Crippen LogP) is 6.74. The van der Waals surface area contributed by atoms with Crippen LogP contribution in [0.15, 0.2) is 54.7 Å². The molecule has 2 aliphatic rings. The molecule has 3 N–H and O–H groups in total. The lowest BCUT2D eigenvalue weighted by Gasteiger charge is -2.19. The molecule has 0 radical (unpaired) electrons. The molecular formula is C29H26F3N3O5. The summed E-state index contributed by atoms with van der Waals surface area (Å²) < 4.78 is 46.7. The van der Waals surface area contributed by atoms with Gasteiger partial charge in [-0.25, -0.2) is 4.79 Å². The van der Waals surface area contributed by atoms with E-state index < -0.39 is 47.4 Å². The molecule has 8 nitrogen and oxygen atoms in total. The normalized spacial score (nSPS) is 14.9. The number of nitrogens with zero attached hydrogens (tertiary/aromatic N) is 1. The number of halogens is 3. The zero-order valence-corrected chi connectivity index (χ0v) is 21.3. The van der Waals surface area contributed by atoms with Crippen molar-refractivity contribution in [2.24, 2.45) is 5.92 Å². The van der Waals surface area contributed by atoms with Gasteiger partial charge in [0.25, 0.3) is 0 Å². The minimum Gasteiger partial charge on any atom is -0.493 e. The van der Waals surface area contributed by atoms with Gasteiger partial charge >= 0.3 is 12.3 Å². The fourth-order valence-electron chi connectivity index (χ4n) is 4.25. The van der Waals surface area contributed by atoms with E-state index in [9.17, 15) is 32.7 Å². The van der Waals surface area contributed by atoms with Gasteiger partial charge in [0.05, 0.1) is 30.0 Å². The highest BCUT2D eigenvalue weighted by Gasteiger charge is 2.36. The summed E-state index contributed by atoms with van der Waals surface area (Å²) in [5, 5.41) is 13.4. The van der Waals surface area contributed by atoms with E-state index >= 15 is 0 Å². The van der Waals surface area contributed by atoms with Crippen LogP contribution in [0, 0.1) is 5.92 Å². The number of hydrogen-bond acceptors (Lipinski definition) is 5. The lowest BCUT2D eigenvalue weighted by Crippen LogP contribution is -2.20. The smallest absolute Gasteiger partial charge is 0.420 e. The van der Waals surface area contributed by atoms with Crippen LogP contribution in [0.5, 0.6) is 5.75 Å². The molecule has 2 fully saturated rings. The molecule has 1 heterocycles. The maximum absolute atomic E-state index is 13.8. The van der Waals surface area contributed by atoms with Crippen molar-refractivity contribution in [3.63, 3.8) is 0 Å². The lowest BCUT2D eigenvalue weighted by atomic mass is 10.0. The quantitative estimate of drug-likeness (QED) is 0.189. The molecular weight excluding hydrogens is 527 g/mol. The Morgan fingerprint density at radius 1 is 0.950 bits per heavy atom. The van der Waals surface area contributed by atoms with Gasteiger partial charge in [-0.2, -0.15) is 13.2 Å². The molecule has 0 saturated heterocycles. The van der Waals surface area contributed by atoms with Gasteiger partial charge in [-0.15, -0.1) is 0 Å². The fourth-order valence-corrected chi connectivity index (χ4v) is 4.25. The molecule has 2 aliphatic carbocycles. The van der Waals surface area contributed by atoms with Gasteiger partial charge < -0.3 is 15.2 Å². The second-order valence-corrected chi connectivity index (χ2v) is 10.1. The van der Waals surface area contributed by atoms with E-state index in [0.29, 0.717) is 12.0 Å². The average Bonchev–Trinajstić information content (AvgIpc) is 3.82. The summed E-state index contributed by atoms with van der Waals surface area (Å²) in [4.78, 5) is 41.4. The third-order valence-corrected chi connectivity index (χ3v) is 6.73. The number of alkyl halides is 3. The van der Waals surface area contributed by atoms with Crippen LogP contribution in [0.2, 0.25) is 0 Å². The van der Waals surface area contributed by atoms with Crippen molar-refractivity contribution in [3.05, 3.63) is 71.5 Å². The van der Waals surface area contributed by atoms with E-state index in [1.165, 1.54) is 6.07 Å². The monoisotopic (exact) mass is 553 g/mol. The van der Waals surface area contributed by atoms with Gasteiger partial charge in [-0.05, 0) is 55.4 Å². The lowest BCUT2D eigenvalue weighted by molar-refractivity contribution is -0.139. The molecule has 208 valence electrons. The van der Waals surface area contributed by atoms with Gasteiger partial charge in [0, 0.05) is 35.0 Å². The minimum atomic E-state index is -4.83. The Morgan fingerprint density at radius 3 is 2.33 bits per heavy atom. The number of carbonyl (C=O) groups excluding carboxylic acids is 2. The van der Waals surface area contributed by atoms with E-state index in [2.05, 4.69) is 10.3 Å². The molecule has 11 heteroatoms. The number of rotatable bonds is 10. The average molecular weight is 554 g/mol. The first-order valence-corrected chi connectivity index (χ1v) is 12.8. The molecule has 1 aromatic heterocycles. The molecule has 2 amide bonds. The molecule has 5 rings (SSSR count). The standard InChI is InChI=1S/C29H26F3N3O5/c30-29(31,32)21-11-23(24(35-28(38)39)12-26(21)40-15-16-4-5-16)34-27(37)13-25(36)19-3-1-2-18(10-19)20-8-9-22(33-14-20)17-6-7-17/h1-3,8-12,14,16-17,35H,4-7,13,15H2,(H,34,37)(H,38,39). The molecule has 40 heavy (non-hydrogen) atoms. The summed E-state index contributed by atoms with van der Waals surface area (Å²) in [5.74, 6) is -1.35. The second-order valence-electron chi connectivity index (χ2n) is 10.1. The number of benzene rings is 2. The van der Waals surface area contributed by atoms with Crippen LogP contribution < -0.4 is 15.4 Å². The van der Waals surface area contributed by atoms with Gasteiger partial charge in [0.15, 0.2) is 5.78 Å². The van der Waals surface area contributed by atoms with Crippen molar-refractivity contribution < 1.29 is 37.4 Å². The van der Waals surface area contributed by atoms with Gasteiger partial charge in [0.2, 0.25) is 5.91 Å². The molecule has 0 unspecified atom stereocenters. The highest BCUT2D eigenvalue weighted by Crippen LogP contribution is 2.42. The van der Waals surface area contributed by atoms with E-state index in [-0.39, 0.29) is 23.8 Å². The molecule has 2 aromatic carbocycles. The highest BCUT2D eigenvalue weighted by atomic mass is 19.4.